The highest BCUT2D eigenvalue weighted by molar-refractivity contribution is 5.80. The molecule has 0 N–H and O–H groups in total. The van der Waals surface area contributed by atoms with Crippen LogP contribution in [-0.2, 0) is 17.8 Å². The minimum absolute atomic E-state index is 0.0517. The maximum Gasteiger partial charge on any atom is 0.258 e. The van der Waals surface area contributed by atoms with Crippen molar-refractivity contribution in [3.63, 3.8) is 0 Å². The van der Waals surface area contributed by atoms with Crippen LogP contribution in [0.3, 0.4) is 0 Å². The van der Waals surface area contributed by atoms with E-state index in [1.54, 1.807) is 35.0 Å². The molecule has 2 heterocycles. The van der Waals surface area contributed by atoms with Crippen molar-refractivity contribution < 1.29 is 18.1 Å². The smallest absolute Gasteiger partial charge is 0.258 e. The Kier molecular flexibility index (Phi) is 4.76. The predicted molar refractivity (Wildman–Crippen MR) is 96.0 cm³/mol. The van der Waals surface area contributed by atoms with Crippen molar-refractivity contribution >= 4 is 5.78 Å². The first kappa shape index (κ1) is 17.7. The summed E-state index contributed by atoms with van der Waals surface area (Å²) in [6.07, 6.45) is 3.32. The van der Waals surface area contributed by atoms with Crippen LogP contribution in [0.15, 0.2) is 65.6 Å². The number of nitrogens with zero attached hydrogens (tertiary/aromatic N) is 4. The Morgan fingerprint density at radius 2 is 1.89 bits per heavy atom. The molecule has 0 bridgehead atoms. The molecule has 2 aromatic heterocycles. The number of benzene rings is 2. The normalized spacial score (nSPS) is 10.9. The number of rotatable bonds is 6. The van der Waals surface area contributed by atoms with E-state index in [2.05, 4.69) is 15.1 Å². The van der Waals surface area contributed by atoms with Crippen LogP contribution in [0.4, 0.5) is 8.78 Å². The van der Waals surface area contributed by atoms with Crippen LogP contribution >= 0.6 is 0 Å². The minimum atomic E-state index is -0.402. The Morgan fingerprint density at radius 1 is 1.07 bits per heavy atom. The first-order chi connectivity index (χ1) is 13.6. The molecule has 28 heavy (non-hydrogen) atoms. The number of carbonyl (C=O) groups excluding carboxylic acids is 1. The number of hydrogen-bond acceptors (Lipinski definition) is 5. The van der Waals surface area contributed by atoms with Crippen molar-refractivity contribution in [1.29, 1.82) is 0 Å². The molecule has 0 amide bonds. The molecule has 0 aliphatic heterocycles. The molecule has 8 heteroatoms. The average molecular weight is 380 g/mol. The monoisotopic (exact) mass is 380 g/mol. The van der Waals surface area contributed by atoms with E-state index in [4.69, 9.17) is 4.52 Å². The van der Waals surface area contributed by atoms with Gasteiger partial charge in [-0.05, 0) is 35.9 Å². The van der Waals surface area contributed by atoms with Gasteiger partial charge in [0.15, 0.2) is 5.78 Å². The molecule has 0 saturated heterocycles. The highest BCUT2D eigenvalue weighted by atomic mass is 19.1. The van der Waals surface area contributed by atoms with Gasteiger partial charge in [0.1, 0.15) is 17.3 Å². The Labute approximate surface area is 158 Å². The van der Waals surface area contributed by atoms with Crippen molar-refractivity contribution in [2.24, 2.45) is 0 Å². The lowest BCUT2D eigenvalue weighted by Gasteiger charge is -2.02. The second kappa shape index (κ2) is 7.51. The zero-order valence-corrected chi connectivity index (χ0v) is 14.5. The van der Waals surface area contributed by atoms with Crippen molar-refractivity contribution in [3.8, 4) is 23.0 Å². The number of imidazole rings is 1. The number of Topliss-reactive ketones (excluding diaryl/α,β-unsaturated/α-hetero) is 1. The van der Waals surface area contributed by atoms with Gasteiger partial charge in [-0.1, -0.05) is 23.4 Å². The number of ketones is 1. The molecule has 140 valence electrons. The molecular formula is C20H14F2N4O2. The van der Waals surface area contributed by atoms with Crippen LogP contribution in [0.1, 0.15) is 5.56 Å². The third-order valence-electron chi connectivity index (χ3n) is 4.03. The summed E-state index contributed by atoms with van der Waals surface area (Å²) in [6.45, 7) is 0.110. The molecule has 0 saturated carbocycles. The summed E-state index contributed by atoms with van der Waals surface area (Å²) in [5.41, 5.74) is 1.64. The van der Waals surface area contributed by atoms with Gasteiger partial charge in [0.25, 0.3) is 5.89 Å². The summed E-state index contributed by atoms with van der Waals surface area (Å²) in [6, 6.07) is 11.6. The molecule has 6 nitrogen and oxygen atoms in total. The van der Waals surface area contributed by atoms with E-state index in [9.17, 15) is 13.6 Å². The summed E-state index contributed by atoms with van der Waals surface area (Å²) in [7, 11) is 0. The second-order valence-electron chi connectivity index (χ2n) is 6.21. The lowest BCUT2D eigenvalue weighted by molar-refractivity contribution is -0.119. The van der Waals surface area contributed by atoms with E-state index in [0.29, 0.717) is 11.3 Å². The van der Waals surface area contributed by atoms with Crippen LogP contribution in [0, 0.1) is 11.6 Å². The lowest BCUT2D eigenvalue weighted by Crippen LogP contribution is -2.11. The molecule has 0 aliphatic rings. The van der Waals surface area contributed by atoms with Gasteiger partial charge in [-0.25, -0.2) is 13.8 Å². The number of aromatic nitrogens is 4. The van der Waals surface area contributed by atoms with Gasteiger partial charge in [-0.3, -0.25) is 4.79 Å². The topological polar surface area (TPSA) is 73.8 Å². The maximum absolute atomic E-state index is 13.3. The fraction of sp³-hybridized carbons (Fsp3) is 0.100. The van der Waals surface area contributed by atoms with Gasteiger partial charge < -0.3 is 9.09 Å². The van der Waals surface area contributed by atoms with E-state index < -0.39 is 5.82 Å². The summed E-state index contributed by atoms with van der Waals surface area (Å²) in [5.74, 6) is -0.376. The molecule has 2 aromatic carbocycles. The van der Waals surface area contributed by atoms with Gasteiger partial charge in [-0.15, -0.1) is 0 Å². The highest BCUT2D eigenvalue weighted by Crippen LogP contribution is 2.21. The Hall–Kier alpha value is -3.68. The molecule has 0 unspecified atom stereocenters. The van der Waals surface area contributed by atoms with Crippen LogP contribution in [0.5, 0.6) is 0 Å². The third kappa shape index (κ3) is 4.01. The van der Waals surface area contributed by atoms with E-state index >= 15 is 0 Å². The highest BCUT2D eigenvalue weighted by Gasteiger charge is 2.14. The molecule has 4 rings (SSSR count). The van der Waals surface area contributed by atoms with Crippen LogP contribution in [0.2, 0.25) is 0 Å². The molecule has 0 radical (unpaired) electrons. The number of halogens is 2. The molecule has 0 spiro atoms. The third-order valence-corrected chi connectivity index (χ3v) is 4.03. The predicted octanol–water partition coefficient (Wildman–Crippen LogP) is 3.69. The second-order valence-corrected chi connectivity index (χ2v) is 6.21. The average Bonchev–Trinajstić information content (AvgIpc) is 3.33. The zero-order chi connectivity index (χ0) is 19.5. The van der Waals surface area contributed by atoms with Gasteiger partial charge in [0, 0.05) is 18.2 Å². The maximum atomic E-state index is 13.3. The first-order valence-corrected chi connectivity index (χ1v) is 8.45. The Bertz CT molecular complexity index is 1120. The Balaban J connectivity index is 1.44. The SMILES string of the molecule is O=C(Cc1ccc(F)cc1)Cn1cnc(-c2noc(-c3cccc(F)c3)n2)c1. The van der Waals surface area contributed by atoms with Crippen molar-refractivity contribution in [3.05, 3.63) is 78.3 Å². The molecular weight excluding hydrogens is 366 g/mol. The standard InChI is InChI=1S/C20H14F2N4O2/c21-15-6-4-13(5-7-15)8-17(27)10-26-11-18(23-12-26)19-24-20(28-25-19)14-2-1-3-16(22)9-14/h1-7,9,11-12H,8,10H2. The van der Waals surface area contributed by atoms with Gasteiger partial charge in [0.2, 0.25) is 5.82 Å². The summed E-state index contributed by atoms with van der Waals surface area (Å²) in [5, 5.41) is 3.86. The fourth-order valence-corrected chi connectivity index (χ4v) is 2.72. The quantitative estimate of drug-likeness (QED) is 0.510. The Morgan fingerprint density at radius 3 is 2.68 bits per heavy atom. The van der Waals surface area contributed by atoms with Crippen LogP contribution in [0.25, 0.3) is 23.0 Å². The largest absolute Gasteiger partial charge is 0.334 e. The molecule has 0 atom stereocenters. The summed E-state index contributed by atoms with van der Waals surface area (Å²) in [4.78, 5) is 20.6. The lowest BCUT2D eigenvalue weighted by atomic mass is 10.1. The van der Waals surface area contributed by atoms with E-state index in [1.807, 2.05) is 0 Å². The summed E-state index contributed by atoms with van der Waals surface area (Å²) < 4.78 is 33.0. The van der Waals surface area contributed by atoms with Gasteiger partial charge >= 0.3 is 0 Å². The van der Waals surface area contributed by atoms with Crippen LogP contribution < -0.4 is 0 Å². The van der Waals surface area contributed by atoms with Crippen molar-refractivity contribution in [2.45, 2.75) is 13.0 Å². The van der Waals surface area contributed by atoms with Crippen LogP contribution in [-0.4, -0.2) is 25.5 Å². The zero-order valence-electron chi connectivity index (χ0n) is 14.5. The number of hydrogen-bond donors (Lipinski definition) is 0. The number of carbonyl (C=O) groups is 1. The minimum Gasteiger partial charge on any atom is -0.334 e. The first-order valence-electron chi connectivity index (χ1n) is 8.45. The van der Waals surface area contributed by atoms with Crippen molar-refractivity contribution in [2.75, 3.05) is 0 Å². The van der Waals surface area contributed by atoms with E-state index in [0.717, 1.165) is 5.56 Å². The molecule has 0 fully saturated rings. The molecule has 4 aromatic rings. The van der Waals surface area contributed by atoms with Crippen molar-refractivity contribution in [1.82, 2.24) is 19.7 Å². The van der Waals surface area contributed by atoms with E-state index in [1.165, 1.54) is 30.6 Å². The van der Waals surface area contributed by atoms with Gasteiger partial charge in [-0.2, -0.15) is 4.98 Å². The van der Waals surface area contributed by atoms with Gasteiger partial charge in [0.05, 0.1) is 12.9 Å². The molecule has 0 aliphatic carbocycles. The van der Waals surface area contributed by atoms with E-state index in [-0.39, 0.29) is 36.3 Å². The summed E-state index contributed by atoms with van der Waals surface area (Å²) >= 11 is 0. The fourth-order valence-electron chi connectivity index (χ4n) is 2.72.